The SMILES string of the molecule is C=CC=CC(C=C)/C=C/N/C(Br)=C\N=CN=Cc1ccc(C2(NC(=O)OC(C)(C)C)CCC2)cc1. The van der Waals surface area contributed by atoms with Gasteiger partial charge >= 0.3 is 6.09 Å². The normalized spacial score (nSPS) is 17.0. The van der Waals surface area contributed by atoms with Crippen molar-refractivity contribution in [1.82, 2.24) is 10.6 Å². The molecule has 1 fully saturated rings. The molecule has 1 unspecified atom stereocenters. The first-order valence-corrected chi connectivity index (χ1v) is 12.3. The average Bonchev–Trinajstić information content (AvgIpc) is 2.77. The lowest BCUT2D eigenvalue weighted by atomic mass is 9.72. The smallest absolute Gasteiger partial charge is 0.408 e. The molecular formula is C28H35BrN4O2. The average molecular weight is 540 g/mol. The maximum Gasteiger partial charge on any atom is 0.408 e. The van der Waals surface area contributed by atoms with E-state index in [1.807, 2.05) is 75.5 Å². The number of hydrogen-bond donors (Lipinski definition) is 2. The summed E-state index contributed by atoms with van der Waals surface area (Å²) >= 11 is 3.41. The van der Waals surface area contributed by atoms with E-state index in [0.29, 0.717) is 4.61 Å². The van der Waals surface area contributed by atoms with Crippen molar-refractivity contribution >= 4 is 34.6 Å². The van der Waals surface area contributed by atoms with Gasteiger partial charge in [0, 0.05) is 12.1 Å². The summed E-state index contributed by atoms with van der Waals surface area (Å²) in [5, 5.41) is 6.15. The molecule has 0 heterocycles. The fourth-order valence-corrected chi connectivity index (χ4v) is 3.61. The maximum absolute atomic E-state index is 12.3. The van der Waals surface area contributed by atoms with Gasteiger partial charge in [0.2, 0.25) is 0 Å². The second-order valence-electron chi connectivity index (χ2n) is 9.14. The number of amides is 1. The minimum atomic E-state index is -0.522. The molecular weight excluding hydrogens is 504 g/mol. The molecule has 1 saturated carbocycles. The zero-order valence-electron chi connectivity index (χ0n) is 20.7. The summed E-state index contributed by atoms with van der Waals surface area (Å²) in [4.78, 5) is 20.7. The molecule has 7 heteroatoms. The van der Waals surface area contributed by atoms with Gasteiger partial charge in [0.1, 0.15) is 16.5 Å². The Morgan fingerprint density at radius 1 is 1.17 bits per heavy atom. The zero-order chi connectivity index (χ0) is 25.7. The van der Waals surface area contributed by atoms with Crippen LogP contribution in [-0.4, -0.2) is 24.2 Å². The summed E-state index contributed by atoms with van der Waals surface area (Å²) < 4.78 is 6.14. The van der Waals surface area contributed by atoms with Gasteiger partial charge in [-0.1, -0.05) is 61.2 Å². The van der Waals surface area contributed by atoms with Gasteiger partial charge in [0.25, 0.3) is 0 Å². The third-order valence-electron chi connectivity index (χ3n) is 5.24. The van der Waals surface area contributed by atoms with E-state index in [9.17, 15) is 4.79 Å². The maximum atomic E-state index is 12.3. The number of benzene rings is 1. The standard InChI is InChI=1S/C28H35BrN4O2/c1-6-8-10-22(7-2)15-18-32-25(29)20-31-21-30-19-23-11-13-24(14-12-23)28(16-9-17-28)33-26(34)35-27(3,4)5/h6-8,10-15,18-22,32H,1-2,9,16-17H2,3-5H3,(H,33,34)/b10-8?,18-15+,25-20-,30-19?,31-21?. The van der Waals surface area contributed by atoms with Crippen LogP contribution in [0.2, 0.25) is 0 Å². The van der Waals surface area contributed by atoms with Crippen LogP contribution in [0.5, 0.6) is 0 Å². The minimum Gasteiger partial charge on any atom is -0.444 e. The predicted molar refractivity (Wildman–Crippen MR) is 150 cm³/mol. The Morgan fingerprint density at radius 3 is 2.46 bits per heavy atom. The van der Waals surface area contributed by atoms with Gasteiger partial charge in [-0.25, -0.2) is 14.8 Å². The summed E-state index contributed by atoms with van der Waals surface area (Å²) in [5.74, 6) is 0.118. The minimum absolute atomic E-state index is 0.118. The fraction of sp³-hybridized carbons (Fsp3) is 0.321. The summed E-state index contributed by atoms with van der Waals surface area (Å²) in [6.45, 7) is 13.1. The van der Waals surface area contributed by atoms with Crippen LogP contribution in [0, 0.1) is 5.92 Å². The first-order chi connectivity index (χ1) is 16.7. The van der Waals surface area contributed by atoms with Gasteiger partial charge in [-0.2, -0.15) is 0 Å². The first-order valence-electron chi connectivity index (χ1n) is 11.5. The third kappa shape index (κ3) is 9.91. The molecule has 1 atom stereocenters. The van der Waals surface area contributed by atoms with Crippen LogP contribution < -0.4 is 10.6 Å². The monoisotopic (exact) mass is 538 g/mol. The van der Waals surface area contributed by atoms with Crippen molar-refractivity contribution in [2.45, 2.75) is 51.2 Å². The Morgan fingerprint density at radius 2 is 1.89 bits per heavy atom. The van der Waals surface area contributed by atoms with Crippen LogP contribution in [0.15, 0.2) is 94.8 Å². The summed E-state index contributed by atoms with van der Waals surface area (Å²) in [6.07, 6.45) is 18.5. The molecule has 1 amide bonds. The van der Waals surface area contributed by atoms with Crippen molar-refractivity contribution < 1.29 is 9.53 Å². The Kier molecular flexibility index (Phi) is 10.9. The van der Waals surface area contributed by atoms with Crippen molar-refractivity contribution in [3.05, 3.63) is 95.9 Å². The second-order valence-corrected chi connectivity index (χ2v) is 10.00. The molecule has 1 aliphatic carbocycles. The summed E-state index contributed by atoms with van der Waals surface area (Å²) in [6, 6.07) is 8.03. The number of nitrogens with zero attached hydrogens (tertiary/aromatic N) is 2. The van der Waals surface area contributed by atoms with Gasteiger partial charge in [-0.05, 0) is 73.3 Å². The highest BCUT2D eigenvalue weighted by atomic mass is 79.9. The quantitative estimate of drug-likeness (QED) is 0.106. The third-order valence-corrected chi connectivity index (χ3v) is 5.67. The van der Waals surface area contributed by atoms with Gasteiger partial charge in [-0.15, -0.1) is 6.58 Å². The van der Waals surface area contributed by atoms with E-state index >= 15 is 0 Å². The molecule has 186 valence electrons. The lowest BCUT2D eigenvalue weighted by Gasteiger charge is -2.43. The highest BCUT2D eigenvalue weighted by molar-refractivity contribution is 9.11. The Bertz CT molecular complexity index is 1010. The van der Waals surface area contributed by atoms with Crippen LogP contribution in [0.1, 0.15) is 51.2 Å². The van der Waals surface area contributed by atoms with Crippen molar-refractivity contribution in [2.24, 2.45) is 15.9 Å². The number of rotatable bonds is 11. The van der Waals surface area contributed by atoms with Crippen molar-refractivity contribution in [1.29, 1.82) is 0 Å². The topological polar surface area (TPSA) is 75.1 Å². The number of carbonyl (C=O) groups is 1. The summed E-state index contributed by atoms with van der Waals surface area (Å²) in [7, 11) is 0. The molecule has 2 rings (SSSR count). The van der Waals surface area contributed by atoms with Crippen LogP contribution in [0.3, 0.4) is 0 Å². The highest BCUT2D eigenvalue weighted by Crippen LogP contribution is 2.41. The van der Waals surface area contributed by atoms with Crippen LogP contribution in [-0.2, 0) is 10.3 Å². The number of halogens is 1. The van der Waals surface area contributed by atoms with E-state index in [0.717, 1.165) is 30.4 Å². The van der Waals surface area contributed by atoms with Crippen molar-refractivity contribution in [2.75, 3.05) is 0 Å². The molecule has 2 N–H and O–H groups in total. The Hall–Kier alpha value is -3.19. The molecule has 1 aromatic rings. The van der Waals surface area contributed by atoms with Crippen molar-refractivity contribution in [3.63, 3.8) is 0 Å². The molecule has 6 nitrogen and oxygen atoms in total. The Labute approximate surface area is 217 Å². The molecule has 1 aromatic carbocycles. The number of hydrogen-bond acceptors (Lipinski definition) is 4. The van der Waals surface area contributed by atoms with E-state index < -0.39 is 5.60 Å². The summed E-state index contributed by atoms with van der Waals surface area (Å²) in [5.41, 5.74) is 1.14. The molecule has 0 spiro atoms. The van der Waals surface area contributed by atoms with E-state index in [-0.39, 0.29) is 17.6 Å². The Balaban J connectivity index is 1.89. The van der Waals surface area contributed by atoms with E-state index in [2.05, 4.69) is 49.7 Å². The van der Waals surface area contributed by atoms with Crippen LogP contribution in [0.25, 0.3) is 0 Å². The highest BCUT2D eigenvalue weighted by Gasteiger charge is 2.41. The van der Waals surface area contributed by atoms with Crippen molar-refractivity contribution in [3.8, 4) is 0 Å². The largest absolute Gasteiger partial charge is 0.444 e. The fourth-order valence-electron chi connectivity index (χ4n) is 3.36. The number of nitrogens with one attached hydrogen (secondary N) is 2. The molecule has 0 radical (unpaired) electrons. The first kappa shape index (κ1) is 28.1. The molecule has 0 saturated heterocycles. The number of alkyl carbamates (subject to hydrolysis) is 1. The van der Waals surface area contributed by atoms with E-state index in [4.69, 9.17) is 4.74 Å². The predicted octanol–water partition coefficient (Wildman–Crippen LogP) is 6.88. The lowest BCUT2D eigenvalue weighted by Crippen LogP contribution is -2.52. The molecule has 35 heavy (non-hydrogen) atoms. The van der Waals surface area contributed by atoms with Crippen LogP contribution >= 0.6 is 15.9 Å². The number of ether oxygens (including phenoxy) is 1. The van der Waals surface area contributed by atoms with Crippen LogP contribution in [0.4, 0.5) is 4.79 Å². The second kappa shape index (κ2) is 13.6. The van der Waals surface area contributed by atoms with Gasteiger partial charge < -0.3 is 15.4 Å². The molecule has 0 aromatic heterocycles. The van der Waals surface area contributed by atoms with Gasteiger partial charge in [-0.3, -0.25) is 0 Å². The van der Waals surface area contributed by atoms with Gasteiger partial charge in [0.05, 0.1) is 11.7 Å². The molecule has 0 bridgehead atoms. The molecule has 0 aliphatic heterocycles. The van der Waals surface area contributed by atoms with E-state index in [1.165, 1.54) is 6.34 Å². The number of aliphatic imine (C=N–C) groups is 2. The lowest BCUT2D eigenvalue weighted by molar-refractivity contribution is 0.0377. The zero-order valence-corrected chi connectivity index (χ0v) is 22.3. The van der Waals surface area contributed by atoms with Gasteiger partial charge in [0.15, 0.2) is 0 Å². The number of carbonyl (C=O) groups excluding carboxylic acids is 1. The number of allylic oxidation sites excluding steroid dienone is 5. The van der Waals surface area contributed by atoms with E-state index in [1.54, 1.807) is 18.5 Å². The molecule has 1 aliphatic rings.